The lowest BCUT2D eigenvalue weighted by Crippen LogP contribution is -2.05. The molecule has 3 unspecified atom stereocenters. The topological polar surface area (TPSA) is 223 Å². The molecule has 8 aromatic heterocycles. The lowest BCUT2D eigenvalue weighted by molar-refractivity contribution is 0.594. The molecule has 3 atom stereocenters. The number of hydrogen-bond acceptors (Lipinski definition) is 26. The van der Waals surface area contributed by atoms with Gasteiger partial charge in [-0.05, 0) is 122 Å². The van der Waals surface area contributed by atoms with Crippen LogP contribution in [0.15, 0.2) is 83.0 Å². The van der Waals surface area contributed by atoms with Crippen LogP contribution in [-0.2, 0) is 52.1 Å². The molecule has 95 heavy (non-hydrogen) atoms. The lowest BCUT2D eigenvalue weighted by atomic mass is 10.1. The van der Waals surface area contributed by atoms with Gasteiger partial charge in [0.1, 0.15) is 13.3 Å². The molecule has 0 amide bonds. The molecule has 15 nitrogen and oxygen atoms in total. The number of thioether (sulfide) groups is 3. The second kappa shape index (κ2) is 48.3. The summed E-state index contributed by atoms with van der Waals surface area (Å²) in [5.74, 6) is 9.08. The van der Waals surface area contributed by atoms with Crippen LogP contribution in [0.3, 0.4) is 0 Å². The molecule has 0 aliphatic heterocycles. The first-order chi connectivity index (χ1) is 44.7. The molecule has 8 heterocycles. The van der Waals surface area contributed by atoms with Crippen molar-refractivity contribution in [1.29, 1.82) is 0 Å². The lowest BCUT2D eigenvalue weighted by Gasteiger charge is -2.04. The van der Waals surface area contributed by atoms with Gasteiger partial charge in [0.15, 0.2) is 19.7 Å². The standard InChI is InChI=1S/2C8H13NO2S2.3C8H13NOS2.3C8H13NS2/c1-4-13(10,11)8-7(6(2)3)9-5-12-8;1-4-13(10,11)7-5-9-12-8(7)6(2)3;1-4-12(10)8-7(6(2)3)9-5-11-8;1-4-12(10)7-5-11-9-8(7)6(2)3;1-4-12(10)7-5-9-11-8(7)6(2)3;1-4-10-8-7(6(2)3)9-5-11-8;1-4-10-7-5-11-9-8(7)6(2)3;1-4-10-7-5-9-11-8(7)6(2)3/h2*5-6H,4H2,1-3H3;3*5-6H,4H2,1-3H3;3*5-6H,4H2,1-3H3. The molecule has 538 valence electrons. The second-order valence-electron chi connectivity index (χ2n) is 22.6. The molecular formula is C64H104N8O7S16. The minimum Gasteiger partial charge on any atom is -0.254 e. The van der Waals surface area contributed by atoms with E-state index < -0.39 is 52.1 Å². The van der Waals surface area contributed by atoms with E-state index in [2.05, 4.69) is 146 Å². The maximum atomic E-state index is 11.6. The van der Waals surface area contributed by atoms with Crippen LogP contribution in [0, 0.1) is 0 Å². The van der Waals surface area contributed by atoms with Crippen molar-refractivity contribution in [2.24, 2.45) is 0 Å². The van der Waals surface area contributed by atoms with Crippen molar-refractivity contribution in [3.63, 3.8) is 0 Å². The van der Waals surface area contributed by atoms with E-state index in [1.54, 1.807) is 65.5 Å². The Kier molecular flexibility index (Phi) is 46.5. The van der Waals surface area contributed by atoms with E-state index in [4.69, 9.17) is 0 Å². The monoisotopic (exact) mass is 1610 g/mol. The zero-order chi connectivity index (χ0) is 72.3. The second-order valence-corrected chi connectivity index (χ2v) is 43.2. The smallest absolute Gasteiger partial charge is 0.189 e. The van der Waals surface area contributed by atoms with Crippen molar-refractivity contribution in [1.82, 2.24) is 36.8 Å². The molecule has 0 spiro atoms. The van der Waals surface area contributed by atoms with Crippen LogP contribution in [0.2, 0.25) is 0 Å². The van der Waals surface area contributed by atoms with Crippen LogP contribution in [-0.4, -0.2) is 112 Å². The number of nitrogens with zero attached hydrogens (tertiary/aromatic N) is 8. The summed E-state index contributed by atoms with van der Waals surface area (Å²) in [7, 11) is -8.68. The molecule has 0 bridgehead atoms. The van der Waals surface area contributed by atoms with Crippen LogP contribution in [0.25, 0.3) is 0 Å². The summed E-state index contributed by atoms with van der Waals surface area (Å²) in [6, 6.07) is 0. The molecule has 0 saturated heterocycles. The predicted molar refractivity (Wildman–Crippen MR) is 425 cm³/mol. The van der Waals surface area contributed by atoms with Gasteiger partial charge in [0.05, 0.1) is 121 Å². The summed E-state index contributed by atoms with van der Waals surface area (Å²) < 4.78 is 104. The summed E-state index contributed by atoms with van der Waals surface area (Å²) in [4.78, 5) is 21.1. The first-order valence-electron chi connectivity index (χ1n) is 31.7. The summed E-state index contributed by atoms with van der Waals surface area (Å²) in [6.07, 6.45) is 5.17. The van der Waals surface area contributed by atoms with E-state index in [0.717, 1.165) is 52.4 Å². The Morgan fingerprint density at radius 2 is 0.842 bits per heavy atom. The Bertz CT molecular complexity index is 3330. The molecule has 0 aliphatic carbocycles. The Morgan fingerprint density at radius 3 is 1.35 bits per heavy atom. The van der Waals surface area contributed by atoms with Crippen LogP contribution in [0.5, 0.6) is 0 Å². The summed E-state index contributed by atoms with van der Waals surface area (Å²) in [5, 5.41) is 4.04. The Labute approximate surface area is 624 Å². The van der Waals surface area contributed by atoms with Gasteiger partial charge in [-0.2, -0.15) is 21.9 Å². The third kappa shape index (κ3) is 31.3. The highest BCUT2D eigenvalue weighted by Crippen LogP contribution is 2.34. The normalized spacial score (nSPS) is 12.3. The van der Waals surface area contributed by atoms with Crippen molar-refractivity contribution >= 4 is 179 Å². The molecular weight excluding hydrogens is 1510 g/mol. The highest BCUT2D eigenvalue weighted by Gasteiger charge is 2.23. The Balaban J connectivity index is 0.000000543. The van der Waals surface area contributed by atoms with E-state index in [0.29, 0.717) is 67.6 Å². The number of thiazole rings is 3. The van der Waals surface area contributed by atoms with Gasteiger partial charge in [-0.25, -0.2) is 31.8 Å². The van der Waals surface area contributed by atoms with Gasteiger partial charge in [0.25, 0.3) is 0 Å². The molecule has 0 saturated carbocycles. The van der Waals surface area contributed by atoms with Crippen LogP contribution >= 0.6 is 127 Å². The minimum absolute atomic E-state index is 0.144. The van der Waals surface area contributed by atoms with Gasteiger partial charge in [-0.15, -0.1) is 69.3 Å². The van der Waals surface area contributed by atoms with Crippen molar-refractivity contribution in [3.05, 3.63) is 89.0 Å². The number of aromatic nitrogens is 8. The molecule has 8 aromatic rings. The van der Waals surface area contributed by atoms with Crippen molar-refractivity contribution in [2.75, 3.05) is 46.0 Å². The zero-order valence-electron chi connectivity index (χ0n) is 59.9. The van der Waals surface area contributed by atoms with Gasteiger partial charge in [-0.1, -0.05) is 166 Å². The van der Waals surface area contributed by atoms with E-state index in [-0.39, 0.29) is 23.3 Å². The fraction of sp³-hybridized carbons (Fsp3) is 0.625. The van der Waals surface area contributed by atoms with Gasteiger partial charge in [-0.3, -0.25) is 12.6 Å². The predicted octanol–water partition coefficient (Wildman–Crippen LogP) is 21.4. The fourth-order valence-corrected chi connectivity index (χ4v) is 24.7. The minimum atomic E-state index is -3.08. The Morgan fingerprint density at radius 1 is 0.411 bits per heavy atom. The third-order valence-corrected chi connectivity index (χ3v) is 32.0. The maximum Gasteiger partial charge on any atom is 0.189 e. The van der Waals surface area contributed by atoms with Crippen molar-refractivity contribution in [3.8, 4) is 0 Å². The largest absolute Gasteiger partial charge is 0.254 e. The van der Waals surface area contributed by atoms with E-state index in [9.17, 15) is 29.5 Å². The molecule has 0 fully saturated rings. The average Bonchev–Trinajstić information content (AvgIpc) is 1.77. The first-order valence-corrected chi connectivity index (χ1v) is 48.6. The molecule has 31 heteroatoms. The molecule has 8 rings (SSSR count). The highest BCUT2D eigenvalue weighted by molar-refractivity contribution is 8.01. The first kappa shape index (κ1) is 91.5. The molecule has 0 aromatic carbocycles. The average molecular weight is 1610 g/mol. The molecule has 0 aliphatic rings. The highest BCUT2D eigenvalue weighted by atomic mass is 32.2. The molecule has 0 radical (unpaired) electrons. The SMILES string of the molecule is CCS(=O)(=O)c1cnsc1C(C)C.CCS(=O)(=O)c1scnc1C(C)C.CCS(=O)c1cnsc1C(C)C.CCS(=O)c1csnc1C(C)C.CCS(=O)c1scnc1C(C)C.CCSc1cnsc1C(C)C.CCSc1csnc1C(C)C.CCSc1scnc1C(C)C. The van der Waals surface area contributed by atoms with Gasteiger partial charge < -0.3 is 0 Å². The van der Waals surface area contributed by atoms with Gasteiger partial charge in [0.2, 0.25) is 0 Å². The van der Waals surface area contributed by atoms with E-state index in [1.807, 2.05) is 101 Å². The third-order valence-electron chi connectivity index (χ3n) is 12.5. The van der Waals surface area contributed by atoms with Crippen molar-refractivity contribution < 1.29 is 29.5 Å². The van der Waals surface area contributed by atoms with Crippen LogP contribution in [0.4, 0.5) is 0 Å². The number of sulfone groups is 2. The summed E-state index contributed by atoms with van der Waals surface area (Å²) in [5.41, 5.74) is 10.5. The van der Waals surface area contributed by atoms with Crippen LogP contribution in [0.1, 0.15) is 257 Å². The Hall–Kier alpha value is -1.56. The van der Waals surface area contributed by atoms with Crippen molar-refractivity contribution in [2.45, 2.75) is 251 Å². The van der Waals surface area contributed by atoms with Crippen LogP contribution < -0.4 is 0 Å². The van der Waals surface area contributed by atoms with Gasteiger partial charge in [0, 0.05) is 52.4 Å². The number of rotatable bonds is 24. The zero-order valence-corrected chi connectivity index (χ0v) is 72.9. The quantitative estimate of drug-likeness (QED) is 0.0513. The van der Waals surface area contributed by atoms with E-state index >= 15 is 0 Å². The van der Waals surface area contributed by atoms with Gasteiger partial charge >= 0.3 is 0 Å². The maximum absolute atomic E-state index is 11.6. The fourth-order valence-electron chi connectivity index (χ4n) is 7.50. The summed E-state index contributed by atoms with van der Waals surface area (Å²) in [6.45, 7) is 49.1. The number of hydrogen-bond donors (Lipinski definition) is 0. The molecule has 0 N–H and O–H groups in total. The van der Waals surface area contributed by atoms with E-state index in [1.165, 1.54) is 93.7 Å². The summed E-state index contributed by atoms with van der Waals surface area (Å²) >= 11 is 17.4.